The van der Waals surface area contributed by atoms with Crippen LogP contribution in [0.3, 0.4) is 0 Å². The summed E-state index contributed by atoms with van der Waals surface area (Å²) in [7, 11) is 0. The Morgan fingerprint density at radius 2 is 1.26 bits per heavy atom. The molecule has 0 atom stereocenters. The van der Waals surface area contributed by atoms with Gasteiger partial charge in [-0.3, -0.25) is 0 Å². The molecule has 0 aromatic heterocycles. The van der Waals surface area contributed by atoms with Gasteiger partial charge in [0.15, 0.2) is 0 Å². The summed E-state index contributed by atoms with van der Waals surface area (Å²) in [6, 6.07) is 42.4. The fourth-order valence-electron chi connectivity index (χ4n) is 7.18. The summed E-state index contributed by atoms with van der Waals surface area (Å²) in [5.41, 5.74) is 16.9. The van der Waals surface area contributed by atoms with E-state index in [1.165, 1.54) is 61.2 Å². The van der Waals surface area contributed by atoms with Crippen LogP contribution in [0.5, 0.6) is 0 Å². The van der Waals surface area contributed by atoms with Gasteiger partial charge in [0.2, 0.25) is 0 Å². The van der Waals surface area contributed by atoms with Crippen LogP contribution in [-0.2, 0) is 5.41 Å². The van der Waals surface area contributed by atoms with E-state index in [4.69, 9.17) is 0 Å². The van der Waals surface area contributed by atoms with Gasteiger partial charge in [-0.2, -0.15) is 0 Å². The highest BCUT2D eigenvalue weighted by Crippen LogP contribution is 2.64. The van der Waals surface area contributed by atoms with Gasteiger partial charge in [0.05, 0.1) is 5.41 Å². The number of anilines is 2. The molecule has 186 valence electrons. The number of allylic oxidation sites excluding steroid dienone is 4. The first-order valence-corrected chi connectivity index (χ1v) is 13.9. The van der Waals surface area contributed by atoms with Crippen LogP contribution < -0.4 is 5.32 Å². The minimum absolute atomic E-state index is 0.265. The number of hydrogen-bond acceptors (Lipinski definition) is 1. The standard InChI is InChI=1S/C38H29N/c1-25-23-27(26-11-3-2-4-12-26)19-22-37(25)39-28-20-21-32-31-15-7-10-18-35(31)38(36(32)24-28)33-16-8-5-13-29(33)30-14-6-9-17-34(30)38/h2-6,8-9,11-24,39H,7,10H2,1H3. The van der Waals surface area contributed by atoms with Gasteiger partial charge in [0.25, 0.3) is 0 Å². The lowest BCUT2D eigenvalue weighted by Gasteiger charge is -2.32. The molecule has 8 rings (SSSR count). The lowest BCUT2D eigenvalue weighted by Crippen LogP contribution is -2.26. The zero-order chi connectivity index (χ0) is 26.0. The molecule has 1 nitrogen and oxygen atoms in total. The Balaban J connectivity index is 1.29. The highest BCUT2D eigenvalue weighted by Gasteiger charge is 2.53. The van der Waals surface area contributed by atoms with Crippen molar-refractivity contribution in [2.24, 2.45) is 0 Å². The molecular weight excluding hydrogens is 470 g/mol. The smallest absolute Gasteiger partial charge is 0.0723 e. The van der Waals surface area contributed by atoms with Crippen LogP contribution in [0.2, 0.25) is 0 Å². The fourth-order valence-corrected chi connectivity index (χ4v) is 7.18. The third-order valence-electron chi connectivity index (χ3n) is 8.84. The molecule has 0 aliphatic heterocycles. The summed E-state index contributed by atoms with van der Waals surface area (Å²) in [5.74, 6) is 0. The molecule has 0 amide bonds. The summed E-state index contributed by atoms with van der Waals surface area (Å²) >= 11 is 0. The molecule has 1 N–H and O–H groups in total. The van der Waals surface area contributed by atoms with Crippen molar-refractivity contribution in [2.45, 2.75) is 25.2 Å². The number of fused-ring (bicyclic) bond motifs is 10. The molecule has 0 saturated carbocycles. The van der Waals surface area contributed by atoms with Gasteiger partial charge in [-0.05, 0) is 105 Å². The molecular formula is C38H29N. The third kappa shape index (κ3) is 3.14. The predicted octanol–water partition coefficient (Wildman–Crippen LogP) is 9.84. The first kappa shape index (κ1) is 22.4. The van der Waals surface area contributed by atoms with Crippen molar-refractivity contribution in [2.75, 3.05) is 5.32 Å². The van der Waals surface area contributed by atoms with Gasteiger partial charge in [0, 0.05) is 11.4 Å². The second-order valence-electron chi connectivity index (χ2n) is 10.9. The SMILES string of the molecule is Cc1cc(-c2ccccc2)ccc1Nc1ccc2c(c1)C1(C3=CCCC=C32)c2ccccc2-c2ccccc21. The van der Waals surface area contributed by atoms with E-state index >= 15 is 0 Å². The quantitative estimate of drug-likeness (QED) is 0.260. The molecule has 3 aliphatic rings. The van der Waals surface area contributed by atoms with Crippen molar-refractivity contribution < 1.29 is 0 Å². The van der Waals surface area contributed by atoms with Crippen molar-refractivity contribution in [3.05, 3.63) is 161 Å². The predicted molar refractivity (Wildman–Crippen MR) is 163 cm³/mol. The Morgan fingerprint density at radius 3 is 2.00 bits per heavy atom. The average molecular weight is 500 g/mol. The number of aryl methyl sites for hydroxylation is 1. The summed E-state index contributed by atoms with van der Waals surface area (Å²) in [6.45, 7) is 2.19. The van der Waals surface area contributed by atoms with E-state index in [1.807, 2.05) is 0 Å². The largest absolute Gasteiger partial charge is 0.355 e. The second kappa shape index (κ2) is 8.44. The molecule has 1 spiro atoms. The first-order chi connectivity index (χ1) is 19.2. The minimum atomic E-state index is -0.265. The number of rotatable bonds is 3. The summed E-state index contributed by atoms with van der Waals surface area (Å²) < 4.78 is 0. The van der Waals surface area contributed by atoms with Gasteiger partial charge in [0.1, 0.15) is 0 Å². The molecule has 0 radical (unpaired) electrons. The van der Waals surface area contributed by atoms with E-state index in [1.54, 1.807) is 0 Å². The summed E-state index contributed by atoms with van der Waals surface area (Å²) in [6.07, 6.45) is 7.17. The van der Waals surface area contributed by atoms with Gasteiger partial charge >= 0.3 is 0 Å². The zero-order valence-electron chi connectivity index (χ0n) is 22.0. The Bertz CT molecular complexity index is 1790. The van der Waals surface area contributed by atoms with Crippen LogP contribution in [-0.4, -0.2) is 0 Å². The molecule has 0 unspecified atom stereocenters. The molecule has 5 aromatic carbocycles. The maximum atomic E-state index is 3.78. The molecule has 5 aromatic rings. The normalized spacial score (nSPS) is 15.6. The van der Waals surface area contributed by atoms with E-state index in [0.717, 1.165) is 24.2 Å². The molecule has 0 saturated heterocycles. The Morgan fingerprint density at radius 1 is 0.564 bits per heavy atom. The lowest BCUT2D eigenvalue weighted by atomic mass is 9.69. The maximum Gasteiger partial charge on any atom is 0.0723 e. The van der Waals surface area contributed by atoms with Crippen LogP contribution in [0, 0.1) is 6.92 Å². The number of benzene rings is 5. The van der Waals surface area contributed by atoms with Crippen molar-refractivity contribution >= 4 is 16.9 Å². The van der Waals surface area contributed by atoms with Crippen molar-refractivity contribution in [1.29, 1.82) is 0 Å². The van der Waals surface area contributed by atoms with E-state index in [2.05, 4.69) is 140 Å². The van der Waals surface area contributed by atoms with Crippen LogP contribution >= 0.6 is 0 Å². The molecule has 0 heterocycles. The van der Waals surface area contributed by atoms with E-state index in [0.29, 0.717) is 0 Å². The Labute approximate surface area is 230 Å². The average Bonchev–Trinajstić information content (AvgIpc) is 3.46. The second-order valence-corrected chi connectivity index (χ2v) is 10.9. The molecule has 0 fully saturated rings. The molecule has 0 bridgehead atoms. The Hall–Kier alpha value is -4.62. The summed E-state index contributed by atoms with van der Waals surface area (Å²) in [4.78, 5) is 0. The van der Waals surface area contributed by atoms with Gasteiger partial charge in [-0.25, -0.2) is 0 Å². The van der Waals surface area contributed by atoms with Crippen molar-refractivity contribution in [1.82, 2.24) is 0 Å². The molecule has 39 heavy (non-hydrogen) atoms. The number of nitrogens with one attached hydrogen (secondary N) is 1. The highest BCUT2D eigenvalue weighted by atomic mass is 14.9. The van der Waals surface area contributed by atoms with Crippen LogP contribution in [0.4, 0.5) is 11.4 Å². The minimum Gasteiger partial charge on any atom is -0.355 e. The zero-order valence-corrected chi connectivity index (χ0v) is 22.0. The van der Waals surface area contributed by atoms with Crippen molar-refractivity contribution in [3.8, 4) is 22.3 Å². The van der Waals surface area contributed by atoms with E-state index in [-0.39, 0.29) is 5.41 Å². The van der Waals surface area contributed by atoms with Gasteiger partial charge in [-0.15, -0.1) is 0 Å². The van der Waals surface area contributed by atoms with E-state index in [9.17, 15) is 0 Å². The Kier molecular flexibility index (Phi) is 4.84. The first-order valence-electron chi connectivity index (χ1n) is 13.9. The lowest BCUT2D eigenvalue weighted by molar-refractivity contribution is 0.782. The monoisotopic (exact) mass is 499 g/mol. The third-order valence-corrected chi connectivity index (χ3v) is 8.84. The van der Waals surface area contributed by atoms with Crippen LogP contribution in [0.25, 0.3) is 27.8 Å². The fraction of sp³-hybridized carbons (Fsp3) is 0.105. The van der Waals surface area contributed by atoms with Crippen LogP contribution in [0.15, 0.2) is 133 Å². The number of hydrogen-bond donors (Lipinski definition) is 1. The molecule has 3 aliphatic carbocycles. The topological polar surface area (TPSA) is 12.0 Å². The van der Waals surface area contributed by atoms with Crippen molar-refractivity contribution in [3.63, 3.8) is 0 Å². The van der Waals surface area contributed by atoms with E-state index < -0.39 is 0 Å². The highest BCUT2D eigenvalue weighted by molar-refractivity contribution is 6.00. The summed E-state index contributed by atoms with van der Waals surface area (Å²) in [5, 5.41) is 3.78. The molecule has 1 heteroatoms. The van der Waals surface area contributed by atoms with Crippen LogP contribution in [0.1, 0.15) is 40.7 Å². The maximum absolute atomic E-state index is 3.78. The van der Waals surface area contributed by atoms with Gasteiger partial charge < -0.3 is 5.32 Å². The van der Waals surface area contributed by atoms with Gasteiger partial charge in [-0.1, -0.05) is 103 Å².